The highest BCUT2D eigenvalue weighted by Crippen LogP contribution is 2.42. The molecule has 0 atom stereocenters. The molecule has 4 aromatic carbocycles. The molecule has 0 spiro atoms. The van der Waals surface area contributed by atoms with Crippen LogP contribution in [0.4, 0.5) is 0 Å². The number of carboxylic acid groups (broad SMARTS) is 1. The quantitative estimate of drug-likeness (QED) is 0.263. The molecule has 0 saturated heterocycles. The summed E-state index contributed by atoms with van der Waals surface area (Å²) in [5.41, 5.74) is 4.31. The number of ether oxygens (including phenoxy) is 4. The fourth-order valence-electron chi connectivity index (χ4n) is 4.81. The van der Waals surface area contributed by atoms with Crippen molar-refractivity contribution in [2.24, 2.45) is 0 Å². The third-order valence-electron chi connectivity index (χ3n) is 6.65. The molecule has 0 fully saturated rings. The summed E-state index contributed by atoms with van der Waals surface area (Å²) in [6, 6.07) is 28.8. The molecule has 0 saturated carbocycles. The minimum absolute atomic E-state index is 0.140. The second-order valence-corrected chi connectivity index (χ2v) is 8.98. The molecular formula is C31H25NO6. The average molecular weight is 508 g/mol. The second-order valence-electron chi connectivity index (χ2n) is 8.98. The van der Waals surface area contributed by atoms with Crippen molar-refractivity contribution in [2.75, 3.05) is 13.9 Å². The third kappa shape index (κ3) is 4.39. The van der Waals surface area contributed by atoms with Gasteiger partial charge in [-0.3, -0.25) is 0 Å². The number of carboxylic acids is 1. The Kier molecular flexibility index (Phi) is 6.09. The van der Waals surface area contributed by atoms with Gasteiger partial charge in [0, 0.05) is 23.0 Å². The number of rotatable bonds is 8. The predicted octanol–water partition coefficient (Wildman–Crippen LogP) is 6.37. The summed E-state index contributed by atoms with van der Waals surface area (Å²) < 4.78 is 24.3. The molecule has 2 heterocycles. The lowest BCUT2D eigenvalue weighted by atomic mass is 10.0. The van der Waals surface area contributed by atoms with Gasteiger partial charge in [-0.25, -0.2) is 4.79 Å². The Morgan fingerprint density at radius 2 is 1.63 bits per heavy atom. The van der Waals surface area contributed by atoms with E-state index in [-0.39, 0.29) is 12.5 Å². The first-order chi connectivity index (χ1) is 18.6. The molecule has 5 aromatic rings. The second kappa shape index (κ2) is 9.86. The van der Waals surface area contributed by atoms with Gasteiger partial charge < -0.3 is 28.6 Å². The maximum absolute atomic E-state index is 12.8. The van der Waals surface area contributed by atoms with Crippen LogP contribution in [0.1, 0.15) is 21.6 Å². The van der Waals surface area contributed by atoms with Crippen LogP contribution in [0.5, 0.6) is 23.0 Å². The van der Waals surface area contributed by atoms with Crippen molar-refractivity contribution in [3.63, 3.8) is 0 Å². The molecule has 7 nitrogen and oxygen atoms in total. The minimum atomic E-state index is -1.02. The van der Waals surface area contributed by atoms with Crippen LogP contribution in [0, 0.1) is 0 Å². The van der Waals surface area contributed by atoms with Crippen LogP contribution in [-0.4, -0.2) is 29.5 Å². The molecule has 0 radical (unpaired) electrons. The summed E-state index contributed by atoms with van der Waals surface area (Å²) in [6.07, 6.45) is 0. The van der Waals surface area contributed by atoms with E-state index in [1.165, 1.54) is 0 Å². The highest BCUT2D eigenvalue weighted by atomic mass is 16.7. The lowest BCUT2D eigenvalue weighted by Crippen LogP contribution is -2.10. The first kappa shape index (κ1) is 23.5. The monoisotopic (exact) mass is 507 g/mol. The summed E-state index contributed by atoms with van der Waals surface area (Å²) in [5.74, 6) is 1.60. The van der Waals surface area contributed by atoms with E-state index in [4.69, 9.17) is 18.9 Å². The number of methoxy groups -OCH3 is 1. The van der Waals surface area contributed by atoms with E-state index in [0.717, 1.165) is 33.3 Å². The number of fused-ring (bicyclic) bond motifs is 2. The van der Waals surface area contributed by atoms with Gasteiger partial charge in [0.1, 0.15) is 23.8 Å². The Morgan fingerprint density at radius 1 is 0.868 bits per heavy atom. The van der Waals surface area contributed by atoms with Crippen molar-refractivity contribution >= 4 is 16.9 Å². The molecule has 0 aliphatic carbocycles. The minimum Gasteiger partial charge on any atom is -0.497 e. The predicted molar refractivity (Wildman–Crippen MR) is 143 cm³/mol. The van der Waals surface area contributed by atoms with Crippen LogP contribution in [0.15, 0.2) is 91.0 Å². The van der Waals surface area contributed by atoms with E-state index in [2.05, 4.69) is 0 Å². The summed E-state index contributed by atoms with van der Waals surface area (Å²) in [7, 11) is 1.62. The Hall–Kier alpha value is -4.91. The number of hydrogen-bond acceptors (Lipinski definition) is 5. The molecule has 1 aliphatic rings. The molecular weight excluding hydrogens is 482 g/mol. The maximum atomic E-state index is 12.8. The number of nitrogens with zero attached hydrogens (tertiary/aromatic N) is 1. The first-order valence-corrected chi connectivity index (χ1v) is 12.2. The van der Waals surface area contributed by atoms with Gasteiger partial charge in [0.15, 0.2) is 11.5 Å². The highest BCUT2D eigenvalue weighted by Gasteiger charge is 2.26. The number of aromatic nitrogens is 1. The molecule has 0 amide bonds. The van der Waals surface area contributed by atoms with Crippen molar-refractivity contribution in [3.05, 3.63) is 108 Å². The molecule has 1 aliphatic heterocycles. The van der Waals surface area contributed by atoms with E-state index in [1.54, 1.807) is 7.11 Å². The van der Waals surface area contributed by atoms with Gasteiger partial charge >= 0.3 is 5.97 Å². The van der Waals surface area contributed by atoms with E-state index in [1.807, 2.05) is 95.6 Å². The van der Waals surface area contributed by atoms with Gasteiger partial charge in [-0.1, -0.05) is 48.5 Å². The largest absolute Gasteiger partial charge is 0.497 e. The number of carbonyl (C=O) groups is 1. The molecule has 190 valence electrons. The van der Waals surface area contributed by atoms with Crippen LogP contribution < -0.4 is 18.9 Å². The van der Waals surface area contributed by atoms with E-state index in [9.17, 15) is 9.90 Å². The normalized spacial score (nSPS) is 12.0. The third-order valence-corrected chi connectivity index (χ3v) is 6.65. The van der Waals surface area contributed by atoms with Gasteiger partial charge in [0.2, 0.25) is 6.79 Å². The Bertz CT molecular complexity index is 1620. The van der Waals surface area contributed by atoms with E-state index in [0.29, 0.717) is 36.0 Å². The van der Waals surface area contributed by atoms with Crippen molar-refractivity contribution in [2.45, 2.75) is 13.2 Å². The fraction of sp³-hybridized carbons (Fsp3) is 0.129. The van der Waals surface area contributed by atoms with Gasteiger partial charge in [0.25, 0.3) is 0 Å². The van der Waals surface area contributed by atoms with Gasteiger partial charge in [-0.05, 0) is 59.2 Å². The lowest BCUT2D eigenvalue weighted by Gasteiger charge is -2.11. The molecule has 0 unspecified atom stereocenters. The SMILES string of the molecule is COc1ccc(Cn2c(C(=O)O)c(-c3ccc4c(c3)OCO4)c3cc(OCc4ccccc4)ccc32)cc1. The van der Waals surface area contributed by atoms with Gasteiger partial charge in [0.05, 0.1) is 7.11 Å². The number of hydrogen-bond donors (Lipinski definition) is 1. The molecule has 1 N–H and O–H groups in total. The van der Waals surface area contributed by atoms with Crippen LogP contribution in [0.25, 0.3) is 22.0 Å². The van der Waals surface area contributed by atoms with Crippen LogP contribution >= 0.6 is 0 Å². The standard InChI is InChI=1S/C31H25NO6/c1-35-23-10-7-20(8-11-23)17-32-26-13-12-24(36-18-21-5-3-2-4-6-21)16-25(26)29(30(32)31(33)34)22-9-14-27-28(15-22)38-19-37-27/h2-16H,17-19H2,1H3,(H,33,34). The smallest absolute Gasteiger partial charge is 0.353 e. The average Bonchev–Trinajstić information content (AvgIpc) is 3.55. The Labute approximate surface area is 219 Å². The fourth-order valence-corrected chi connectivity index (χ4v) is 4.81. The zero-order valence-electron chi connectivity index (χ0n) is 20.7. The van der Waals surface area contributed by atoms with E-state index < -0.39 is 5.97 Å². The van der Waals surface area contributed by atoms with Gasteiger partial charge in [-0.2, -0.15) is 0 Å². The molecule has 38 heavy (non-hydrogen) atoms. The van der Waals surface area contributed by atoms with Crippen molar-refractivity contribution in [1.29, 1.82) is 0 Å². The molecule has 1 aromatic heterocycles. The van der Waals surface area contributed by atoms with Crippen molar-refractivity contribution in [3.8, 4) is 34.1 Å². The van der Waals surface area contributed by atoms with Crippen LogP contribution in [0.2, 0.25) is 0 Å². The zero-order valence-corrected chi connectivity index (χ0v) is 20.7. The maximum Gasteiger partial charge on any atom is 0.353 e. The zero-order chi connectivity index (χ0) is 26.1. The highest BCUT2D eigenvalue weighted by molar-refractivity contribution is 6.08. The topological polar surface area (TPSA) is 79.2 Å². The summed E-state index contributed by atoms with van der Waals surface area (Å²) in [5, 5.41) is 11.2. The molecule has 7 heteroatoms. The lowest BCUT2D eigenvalue weighted by molar-refractivity contribution is 0.0687. The van der Waals surface area contributed by atoms with E-state index >= 15 is 0 Å². The van der Waals surface area contributed by atoms with Crippen molar-refractivity contribution in [1.82, 2.24) is 4.57 Å². The molecule has 6 rings (SSSR count). The summed E-state index contributed by atoms with van der Waals surface area (Å²) in [4.78, 5) is 12.8. The number of benzene rings is 4. The first-order valence-electron chi connectivity index (χ1n) is 12.2. The summed E-state index contributed by atoms with van der Waals surface area (Å²) >= 11 is 0. The Morgan fingerprint density at radius 3 is 2.39 bits per heavy atom. The Balaban J connectivity index is 1.49. The summed E-state index contributed by atoms with van der Waals surface area (Å²) in [6.45, 7) is 0.919. The molecule has 0 bridgehead atoms. The van der Waals surface area contributed by atoms with Gasteiger partial charge in [-0.15, -0.1) is 0 Å². The van der Waals surface area contributed by atoms with Crippen molar-refractivity contribution < 1.29 is 28.8 Å². The van der Waals surface area contributed by atoms with Crippen LogP contribution in [0.3, 0.4) is 0 Å². The van der Waals surface area contributed by atoms with Crippen LogP contribution in [-0.2, 0) is 13.2 Å². The number of aromatic carboxylic acids is 1.